The Morgan fingerprint density at radius 2 is 2.00 bits per heavy atom. The molecule has 2 N–H and O–H groups in total. The van der Waals surface area contributed by atoms with Crippen molar-refractivity contribution in [1.29, 1.82) is 0 Å². The molecule has 2 heteroatoms. The van der Waals surface area contributed by atoms with Crippen molar-refractivity contribution in [3.05, 3.63) is 29.6 Å². The molecule has 82 valence electrons. The van der Waals surface area contributed by atoms with Crippen molar-refractivity contribution in [3.8, 4) is 0 Å². The van der Waals surface area contributed by atoms with Gasteiger partial charge in [-0.2, -0.15) is 0 Å². The summed E-state index contributed by atoms with van der Waals surface area (Å²) in [6.45, 7) is 4.32. The van der Waals surface area contributed by atoms with Crippen molar-refractivity contribution < 1.29 is 0 Å². The number of pyridine rings is 1. The third-order valence-corrected chi connectivity index (χ3v) is 3.65. The number of aryl methyl sites for hydroxylation is 1. The maximum Gasteiger partial charge on any atom is 0.0425 e. The second-order valence-electron chi connectivity index (χ2n) is 5.03. The van der Waals surface area contributed by atoms with E-state index < -0.39 is 0 Å². The first kappa shape index (κ1) is 10.6. The van der Waals surface area contributed by atoms with Gasteiger partial charge in [0.15, 0.2) is 0 Å². The molecule has 0 atom stereocenters. The van der Waals surface area contributed by atoms with Crippen LogP contribution >= 0.6 is 0 Å². The van der Waals surface area contributed by atoms with Gasteiger partial charge in [0.05, 0.1) is 0 Å². The summed E-state index contributed by atoms with van der Waals surface area (Å²) in [6.07, 6.45) is 6.62. The molecular weight excluding hydrogens is 184 g/mol. The SMILES string of the molecule is Cc1ccc(C2(N)CCC(C)CC2)cn1. The first-order valence-corrected chi connectivity index (χ1v) is 5.82. The predicted octanol–water partition coefficient (Wildman–Crippen LogP) is 2.75. The van der Waals surface area contributed by atoms with Crippen molar-refractivity contribution in [3.63, 3.8) is 0 Å². The van der Waals surface area contributed by atoms with Gasteiger partial charge >= 0.3 is 0 Å². The average molecular weight is 204 g/mol. The molecule has 1 fully saturated rings. The van der Waals surface area contributed by atoms with Crippen molar-refractivity contribution in [2.75, 3.05) is 0 Å². The highest BCUT2D eigenvalue weighted by Gasteiger charge is 2.31. The van der Waals surface area contributed by atoms with E-state index in [0.29, 0.717) is 0 Å². The summed E-state index contributed by atoms with van der Waals surface area (Å²) < 4.78 is 0. The Balaban J connectivity index is 2.18. The molecule has 0 saturated heterocycles. The fourth-order valence-corrected chi connectivity index (χ4v) is 2.33. The van der Waals surface area contributed by atoms with Crippen LogP contribution in [0.15, 0.2) is 18.3 Å². The van der Waals surface area contributed by atoms with Gasteiger partial charge in [0.2, 0.25) is 0 Å². The second kappa shape index (κ2) is 3.93. The standard InChI is InChI=1S/C13H20N2/c1-10-5-7-13(14,8-6-10)12-4-3-11(2)15-9-12/h3-4,9-10H,5-8,14H2,1-2H3. The molecule has 0 bridgehead atoms. The van der Waals surface area contributed by atoms with Crippen LogP contribution in [0.4, 0.5) is 0 Å². The Morgan fingerprint density at radius 1 is 1.33 bits per heavy atom. The molecule has 1 saturated carbocycles. The highest BCUT2D eigenvalue weighted by Crippen LogP contribution is 2.36. The summed E-state index contributed by atoms with van der Waals surface area (Å²) in [6, 6.07) is 4.19. The molecule has 1 aromatic rings. The van der Waals surface area contributed by atoms with Crippen LogP contribution in [0.2, 0.25) is 0 Å². The molecule has 0 spiro atoms. The van der Waals surface area contributed by atoms with Crippen LogP contribution in [-0.2, 0) is 5.54 Å². The molecule has 15 heavy (non-hydrogen) atoms. The van der Waals surface area contributed by atoms with E-state index in [9.17, 15) is 0 Å². The maximum absolute atomic E-state index is 6.45. The maximum atomic E-state index is 6.45. The summed E-state index contributed by atoms with van der Waals surface area (Å²) in [5.74, 6) is 0.833. The zero-order valence-electron chi connectivity index (χ0n) is 9.66. The zero-order valence-corrected chi connectivity index (χ0v) is 9.66. The summed E-state index contributed by atoms with van der Waals surface area (Å²) in [7, 11) is 0. The van der Waals surface area contributed by atoms with Crippen LogP contribution in [0.3, 0.4) is 0 Å². The lowest BCUT2D eigenvalue weighted by Gasteiger charge is -2.36. The molecule has 0 radical (unpaired) electrons. The Hall–Kier alpha value is -0.890. The molecule has 2 nitrogen and oxygen atoms in total. The van der Waals surface area contributed by atoms with Crippen LogP contribution < -0.4 is 5.73 Å². The summed E-state index contributed by atoms with van der Waals surface area (Å²) >= 11 is 0. The Morgan fingerprint density at radius 3 is 2.53 bits per heavy atom. The minimum Gasteiger partial charge on any atom is -0.321 e. The summed E-state index contributed by atoms with van der Waals surface area (Å²) in [5, 5.41) is 0. The first-order valence-electron chi connectivity index (χ1n) is 5.82. The average Bonchev–Trinajstić information content (AvgIpc) is 2.24. The van der Waals surface area contributed by atoms with Crippen LogP contribution in [0, 0.1) is 12.8 Å². The van der Waals surface area contributed by atoms with E-state index in [2.05, 4.69) is 24.0 Å². The van der Waals surface area contributed by atoms with Crippen molar-refractivity contribution in [2.24, 2.45) is 11.7 Å². The first-order chi connectivity index (χ1) is 7.10. The molecule has 1 aromatic heterocycles. The van der Waals surface area contributed by atoms with Gasteiger partial charge in [0.25, 0.3) is 0 Å². The molecule has 0 aliphatic heterocycles. The lowest BCUT2D eigenvalue weighted by atomic mass is 9.74. The number of hydrogen-bond acceptors (Lipinski definition) is 2. The van der Waals surface area contributed by atoms with Gasteiger partial charge in [-0.15, -0.1) is 0 Å². The second-order valence-corrected chi connectivity index (χ2v) is 5.03. The van der Waals surface area contributed by atoms with Crippen LogP contribution in [-0.4, -0.2) is 4.98 Å². The van der Waals surface area contributed by atoms with Gasteiger partial charge in [-0.1, -0.05) is 13.0 Å². The molecule has 0 unspecified atom stereocenters. The molecule has 0 amide bonds. The quantitative estimate of drug-likeness (QED) is 0.764. The number of nitrogens with two attached hydrogens (primary N) is 1. The third-order valence-electron chi connectivity index (χ3n) is 3.65. The smallest absolute Gasteiger partial charge is 0.0425 e. The minimum absolute atomic E-state index is 0.118. The van der Waals surface area contributed by atoms with Gasteiger partial charge in [-0.3, -0.25) is 4.98 Å². The molecule has 1 aliphatic rings. The highest BCUT2D eigenvalue weighted by molar-refractivity contribution is 5.22. The van der Waals surface area contributed by atoms with Crippen LogP contribution in [0.5, 0.6) is 0 Å². The van der Waals surface area contributed by atoms with E-state index in [1.54, 1.807) is 0 Å². The fraction of sp³-hybridized carbons (Fsp3) is 0.615. The monoisotopic (exact) mass is 204 g/mol. The zero-order chi connectivity index (χ0) is 10.9. The third kappa shape index (κ3) is 2.20. The van der Waals surface area contributed by atoms with E-state index >= 15 is 0 Å². The Labute approximate surface area is 91.9 Å². The lowest BCUT2D eigenvalue weighted by molar-refractivity contribution is 0.247. The lowest BCUT2D eigenvalue weighted by Crippen LogP contribution is -2.40. The number of aromatic nitrogens is 1. The normalized spacial score (nSPS) is 31.5. The van der Waals surface area contributed by atoms with Gasteiger partial charge in [-0.05, 0) is 50.2 Å². The van der Waals surface area contributed by atoms with Crippen molar-refractivity contribution in [2.45, 2.75) is 45.1 Å². The molecular formula is C13H20N2. The van der Waals surface area contributed by atoms with Gasteiger partial charge in [0, 0.05) is 17.4 Å². The number of rotatable bonds is 1. The van der Waals surface area contributed by atoms with E-state index in [-0.39, 0.29) is 5.54 Å². The van der Waals surface area contributed by atoms with E-state index in [1.165, 1.54) is 18.4 Å². The number of nitrogens with zero attached hydrogens (tertiary/aromatic N) is 1. The van der Waals surface area contributed by atoms with Gasteiger partial charge in [-0.25, -0.2) is 0 Å². The van der Waals surface area contributed by atoms with E-state index in [0.717, 1.165) is 24.5 Å². The van der Waals surface area contributed by atoms with Gasteiger partial charge in [0.1, 0.15) is 0 Å². The Kier molecular flexibility index (Phi) is 2.79. The van der Waals surface area contributed by atoms with E-state index in [4.69, 9.17) is 5.73 Å². The summed E-state index contributed by atoms with van der Waals surface area (Å²) in [4.78, 5) is 4.34. The number of hydrogen-bond donors (Lipinski definition) is 1. The molecule has 1 aliphatic carbocycles. The van der Waals surface area contributed by atoms with Crippen molar-refractivity contribution in [1.82, 2.24) is 4.98 Å². The Bertz CT molecular complexity index is 321. The molecule has 0 aromatic carbocycles. The van der Waals surface area contributed by atoms with Crippen molar-refractivity contribution >= 4 is 0 Å². The van der Waals surface area contributed by atoms with Crippen LogP contribution in [0.25, 0.3) is 0 Å². The van der Waals surface area contributed by atoms with Crippen LogP contribution in [0.1, 0.15) is 43.9 Å². The highest BCUT2D eigenvalue weighted by atomic mass is 14.8. The topological polar surface area (TPSA) is 38.9 Å². The predicted molar refractivity (Wildman–Crippen MR) is 62.5 cm³/mol. The molecule has 1 heterocycles. The fourth-order valence-electron chi connectivity index (χ4n) is 2.33. The van der Waals surface area contributed by atoms with E-state index in [1.807, 2.05) is 13.1 Å². The largest absolute Gasteiger partial charge is 0.321 e. The summed E-state index contributed by atoms with van der Waals surface area (Å²) in [5.41, 5.74) is 8.60. The molecule has 2 rings (SSSR count). The minimum atomic E-state index is -0.118. The van der Waals surface area contributed by atoms with Gasteiger partial charge < -0.3 is 5.73 Å².